The Morgan fingerprint density at radius 3 is 2.82 bits per heavy atom. The molecule has 0 saturated carbocycles. The molecule has 1 aliphatic rings. The lowest BCUT2D eigenvalue weighted by atomic mass is 10.1. The second-order valence-corrected chi connectivity index (χ2v) is 5.12. The van der Waals surface area contributed by atoms with Gasteiger partial charge >= 0.3 is 5.97 Å². The number of hydrogen-bond donors (Lipinski definition) is 1. The molecule has 2 heterocycles. The van der Waals surface area contributed by atoms with Gasteiger partial charge in [0.15, 0.2) is 6.17 Å². The van der Waals surface area contributed by atoms with Crippen molar-refractivity contribution in [2.45, 2.75) is 13.1 Å². The minimum atomic E-state index is -0.473. The van der Waals surface area contributed by atoms with Crippen LogP contribution in [-0.2, 0) is 4.74 Å². The molecule has 3 rings (SSSR count). The van der Waals surface area contributed by atoms with Crippen molar-refractivity contribution in [2.24, 2.45) is 0 Å². The van der Waals surface area contributed by atoms with Gasteiger partial charge in [-0.2, -0.15) is 0 Å². The molecular weight excluding hydrogens is 284 g/mol. The van der Waals surface area contributed by atoms with Gasteiger partial charge in [0.1, 0.15) is 17.1 Å². The summed E-state index contributed by atoms with van der Waals surface area (Å²) in [5.74, 6) is 0.386. The predicted molar refractivity (Wildman–Crippen MR) is 79.7 cm³/mol. The molecule has 0 unspecified atom stereocenters. The number of esters is 1. The molecule has 114 valence electrons. The third kappa shape index (κ3) is 2.13. The summed E-state index contributed by atoms with van der Waals surface area (Å²) < 4.78 is 10.4. The summed E-state index contributed by atoms with van der Waals surface area (Å²) in [5.41, 5.74) is 1.71. The number of methoxy groups -OCH3 is 1. The number of fused-ring (bicyclic) bond motifs is 1. The summed E-state index contributed by atoms with van der Waals surface area (Å²) >= 11 is 0. The molecule has 0 radical (unpaired) electrons. The standard InChI is InChI=1S/C16H16N2O4/c1-9-11(16(20)21-3)8-13(22-9)14-17-12-7-5-4-6-10(12)15(19)18(14)2/h4-8,14,17H,1-3H3/t14-/m1/s1. The lowest BCUT2D eigenvalue weighted by Crippen LogP contribution is -2.39. The molecule has 1 aromatic heterocycles. The van der Waals surface area contributed by atoms with E-state index < -0.39 is 12.1 Å². The van der Waals surface area contributed by atoms with Gasteiger partial charge in [-0.05, 0) is 25.1 Å². The van der Waals surface area contributed by atoms with Crippen LogP contribution >= 0.6 is 0 Å². The number of nitrogens with one attached hydrogen (secondary N) is 1. The summed E-state index contributed by atoms with van der Waals surface area (Å²) in [5, 5.41) is 3.25. The smallest absolute Gasteiger partial charge is 0.341 e. The number of para-hydroxylation sites is 1. The SMILES string of the molecule is COC(=O)c1cc([C@@H]2Nc3ccccc3C(=O)N2C)oc1C. The molecule has 0 spiro atoms. The number of amides is 1. The van der Waals surface area contributed by atoms with Crippen LogP contribution in [-0.4, -0.2) is 30.9 Å². The lowest BCUT2D eigenvalue weighted by Gasteiger charge is -2.33. The fourth-order valence-corrected chi connectivity index (χ4v) is 2.56. The molecule has 1 N–H and O–H groups in total. The van der Waals surface area contributed by atoms with E-state index in [9.17, 15) is 9.59 Å². The van der Waals surface area contributed by atoms with E-state index in [2.05, 4.69) is 5.32 Å². The van der Waals surface area contributed by atoms with Gasteiger partial charge in [-0.1, -0.05) is 12.1 Å². The Kier molecular flexibility index (Phi) is 3.36. The van der Waals surface area contributed by atoms with Crippen molar-refractivity contribution in [3.63, 3.8) is 0 Å². The second-order valence-electron chi connectivity index (χ2n) is 5.12. The number of hydrogen-bond acceptors (Lipinski definition) is 5. The number of rotatable bonds is 2. The normalized spacial score (nSPS) is 17.0. The van der Waals surface area contributed by atoms with Crippen LogP contribution in [0.2, 0.25) is 0 Å². The van der Waals surface area contributed by atoms with Crippen molar-refractivity contribution in [3.8, 4) is 0 Å². The molecule has 0 saturated heterocycles. The summed E-state index contributed by atoms with van der Waals surface area (Å²) in [6, 6.07) is 8.89. The van der Waals surface area contributed by atoms with E-state index >= 15 is 0 Å². The van der Waals surface area contributed by atoms with Crippen LogP contribution in [0.4, 0.5) is 5.69 Å². The van der Waals surface area contributed by atoms with Crippen molar-refractivity contribution in [3.05, 3.63) is 53.0 Å². The first-order valence-electron chi connectivity index (χ1n) is 6.84. The maximum Gasteiger partial charge on any atom is 0.341 e. The Hall–Kier alpha value is -2.76. The van der Waals surface area contributed by atoms with Crippen molar-refractivity contribution < 1.29 is 18.7 Å². The van der Waals surface area contributed by atoms with Crippen LogP contribution in [0.25, 0.3) is 0 Å². The number of ether oxygens (including phenoxy) is 1. The minimum absolute atomic E-state index is 0.104. The van der Waals surface area contributed by atoms with E-state index in [0.29, 0.717) is 22.6 Å². The largest absolute Gasteiger partial charge is 0.465 e. The van der Waals surface area contributed by atoms with Gasteiger partial charge in [-0.15, -0.1) is 0 Å². The Morgan fingerprint density at radius 1 is 1.36 bits per heavy atom. The number of anilines is 1. The average molecular weight is 300 g/mol. The fraction of sp³-hybridized carbons (Fsp3) is 0.250. The highest BCUT2D eigenvalue weighted by Crippen LogP contribution is 2.33. The van der Waals surface area contributed by atoms with E-state index in [1.807, 2.05) is 18.2 Å². The Bertz CT molecular complexity index is 750. The summed E-state index contributed by atoms with van der Waals surface area (Å²) in [6.07, 6.45) is -0.473. The highest BCUT2D eigenvalue weighted by atomic mass is 16.5. The molecule has 1 amide bonds. The number of furan rings is 1. The molecule has 0 aliphatic carbocycles. The van der Waals surface area contributed by atoms with Gasteiger partial charge in [-0.3, -0.25) is 4.79 Å². The first-order chi connectivity index (χ1) is 10.5. The minimum Gasteiger partial charge on any atom is -0.465 e. The third-order valence-corrected chi connectivity index (χ3v) is 3.77. The maximum atomic E-state index is 12.4. The monoisotopic (exact) mass is 300 g/mol. The van der Waals surface area contributed by atoms with Crippen LogP contribution in [0.5, 0.6) is 0 Å². The zero-order chi connectivity index (χ0) is 15.9. The summed E-state index contributed by atoms with van der Waals surface area (Å²) in [4.78, 5) is 25.7. The van der Waals surface area contributed by atoms with Crippen molar-refractivity contribution in [2.75, 3.05) is 19.5 Å². The van der Waals surface area contributed by atoms with Crippen LogP contribution in [0.1, 0.15) is 38.4 Å². The predicted octanol–water partition coefficient (Wildman–Crippen LogP) is 2.57. The fourth-order valence-electron chi connectivity index (χ4n) is 2.56. The zero-order valence-electron chi connectivity index (χ0n) is 12.5. The topological polar surface area (TPSA) is 71.8 Å². The number of nitrogens with zero attached hydrogens (tertiary/aromatic N) is 1. The van der Waals surface area contributed by atoms with E-state index in [1.165, 1.54) is 7.11 Å². The molecular formula is C16H16N2O4. The molecule has 1 aliphatic heterocycles. The quantitative estimate of drug-likeness (QED) is 0.863. The van der Waals surface area contributed by atoms with Gasteiger partial charge in [0.2, 0.25) is 0 Å². The lowest BCUT2D eigenvalue weighted by molar-refractivity contribution is 0.0598. The maximum absolute atomic E-state index is 12.4. The Balaban J connectivity index is 2.00. The van der Waals surface area contributed by atoms with Crippen LogP contribution in [0, 0.1) is 6.92 Å². The number of carbonyl (C=O) groups is 2. The van der Waals surface area contributed by atoms with Gasteiger partial charge in [0, 0.05) is 12.7 Å². The van der Waals surface area contributed by atoms with Crippen LogP contribution < -0.4 is 5.32 Å². The van der Waals surface area contributed by atoms with Crippen molar-refractivity contribution >= 4 is 17.6 Å². The van der Waals surface area contributed by atoms with Crippen molar-refractivity contribution in [1.29, 1.82) is 0 Å². The number of carbonyl (C=O) groups excluding carboxylic acids is 2. The third-order valence-electron chi connectivity index (χ3n) is 3.77. The van der Waals surface area contributed by atoms with Gasteiger partial charge in [0.05, 0.1) is 12.7 Å². The Morgan fingerprint density at radius 2 is 2.09 bits per heavy atom. The van der Waals surface area contributed by atoms with Crippen molar-refractivity contribution in [1.82, 2.24) is 4.90 Å². The molecule has 1 aromatic carbocycles. The molecule has 6 nitrogen and oxygen atoms in total. The van der Waals surface area contributed by atoms with E-state index in [1.54, 1.807) is 31.0 Å². The van der Waals surface area contributed by atoms with E-state index in [4.69, 9.17) is 9.15 Å². The average Bonchev–Trinajstić information content (AvgIpc) is 2.91. The number of benzene rings is 1. The zero-order valence-corrected chi connectivity index (χ0v) is 12.5. The second kappa shape index (κ2) is 5.22. The highest BCUT2D eigenvalue weighted by molar-refractivity contribution is 6.01. The van der Waals surface area contributed by atoms with Crippen LogP contribution in [0.3, 0.4) is 0 Å². The number of aryl methyl sites for hydroxylation is 1. The molecule has 0 bridgehead atoms. The van der Waals surface area contributed by atoms with Gasteiger partial charge in [0.25, 0.3) is 5.91 Å². The molecule has 2 aromatic rings. The Labute approximate surface area is 127 Å². The van der Waals surface area contributed by atoms with Crippen LogP contribution in [0.15, 0.2) is 34.7 Å². The summed E-state index contributed by atoms with van der Waals surface area (Å²) in [7, 11) is 3.00. The van der Waals surface area contributed by atoms with Gasteiger partial charge in [-0.25, -0.2) is 4.79 Å². The van der Waals surface area contributed by atoms with E-state index in [0.717, 1.165) is 5.69 Å². The highest BCUT2D eigenvalue weighted by Gasteiger charge is 2.33. The van der Waals surface area contributed by atoms with Gasteiger partial charge < -0.3 is 19.4 Å². The molecule has 0 fully saturated rings. The first-order valence-corrected chi connectivity index (χ1v) is 6.84. The molecule has 1 atom stereocenters. The molecule has 6 heteroatoms. The summed E-state index contributed by atoms with van der Waals surface area (Å²) in [6.45, 7) is 1.69. The molecule has 22 heavy (non-hydrogen) atoms. The van der Waals surface area contributed by atoms with E-state index in [-0.39, 0.29) is 5.91 Å². The first kappa shape index (κ1) is 14.2.